The third-order valence-electron chi connectivity index (χ3n) is 5.29. The summed E-state index contributed by atoms with van der Waals surface area (Å²) in [6.45, 7) is 4.33. The molecule has 0 aromatic heterocycles. The van der Waals surface area contributed by atoms with Crippen molar-refractivity contribution in [1.29, 1.82) is 0 Å². The molecular formula is C21H23NO4. The monoisotopic (exact) mass is 353 g/mol. The molecule has 5 heteroatoms. The van der Waals surface area contributed by atoms with Gasteiger partial charge in [0.25, 0.3) is 5.91 Å². The van der Waals surface area contributed by atoms with E-state index < -0.39 is 5.60 Å². The maximum Gasteiger partial charge on any atom is 0.268 e. The second kappa shape index (κ2) is 6.32. The molecule has 2 aliphatic rings. The third kappa shape index (κ3) is 2.38. The summed E-state index contributed by atoms with van der Waals surface area (Å²) in [7, 11) is 0. The number of fused-ring (bicyclic) bond motifs is 2. The molecule has 5 nitrogen and oxygen atoms in total. The summed E-state index contributed by atoms with van der Waals surface area (Å²) in [4.78, 5) is 15.1. The molecule has 0 radical (unpaired) electrons. The summed E-state index contributed by atoms with van der Waals surface area (Å²) in [5.74, 6) is 0.879. The van der Waals surface area contributed by atoms with Gasteiger partial charge in [-0.25, -0.2) is 0 Å². The molecule has 2 atom stereocenters. The molecule has 136 valence electrons. The van der Waals surface area contributed by atoms with Crippen molar-refractivity contribution in [2.75, 3.05) is 11.7 Å². The van der Waals surface area contributed by atoms with Gasteiger partial charge < -0.3 is 19.5 Å². The quantitative estimate of drug-likeness (QED) is 0.893. The summed E-state index contributed by atoms with van der Waals surface area (Å²) in [6.07, 6.45) is 3.00. The number of amides is 1. The van der Waals surface area contributed by atoms with Gasteiger partial charge in [-0.2, -0.15) is 0 Å². The SMILES string of the molecule is CCCCC(C)N1C(=O)C(O)(c2ccc3c(c2)OCO3)c2ccccc21. The number of ether oxygens (including phenoxy) is 2. The van der Waals surface area contributed by atoms with Crippen molar-refractivity contribution in [3.05, 3.63) is 53.6 Å². The average Bonchev–Trinajstić information content (AvgIpc) is 3.21. The first-order chi connectivity index (χ1) is 12.6. The van der Waals surface area contributed by atoms with E-state index in [1.54, 1.807) is 23.1 Å². The molecule has 2 heterocycles. The fourth-order valence-electron chi connectivity index (χ4n) is 3.86. The zero-order chi connectivity index (χ0) is 18.3. The highest BCUT2D eigenvalue weighted by atomic mass is 16.7. The van der Waals surface area contributed by atoms with Crippen LogP contribution < -0.4 is 14.4 Å². The fourth-order valence-corrected chi connectivity index (χ4v) is 3.86. The molecule has 1 N–H and O–H groups in total. The number of carbonyl (C=O) groups is 1. The predicted molar refractivity (Wildman–Crippen MR) is 98.5 cm³/mol. The Hall–Kier alpha value is -2.53. The van der Waals surface area contributed by atoms with E-state index in [0.29, 0.717) is 22.6 Å². The maximum absolute atomic E-state index is 13.4. The number of rotatable bonds is 5. The first-order valence-corrected chi connectivity index (χ1v) is 9.13. The van der Waals surface area contributed by atoms with Gasteiger partial charge in [-0.05, 0) is 31.5 Å². The van der Waals surface area contributed by atoms with Gasteiger partial charge >= 0.3 is 0 Å². The Balaban J connectivity index is 1.80. The molecule has 1 amide bonds. The molecule has 2 unspecified atom stereocenters. The van der Waals surface area contributed by atoms with Crippen molar-refractivity contribution in [2.24, 2.45) is 0 Å². The van der Waals surface area contributed by atoms with Crippen molar-refractivity contribution in [1.82, 2.24) is 0 Å². The Kier molecular flexibility index (Phi) is 4.11. The minimum atomic E-state index is -1.71. The van der Waals surface area contributed by atoms with Crippen LogP contribution in [0, 0.1) is 0 Å². The molecule has 0 bridgehead atoms. The van der Waals surface area contributed by atoms with Crippen LogP contribution in [-0.4, -0.2) is 23.8 Å². The summed E-state index contributed by atoms with van der Waals surface area (Å²) < 4.78 is 10.8. The molecule has 0 aliphatic carbocycles. The molecule has 0 saturated heterocycles. The van der Waals surface area contributed by atoms with Crippen molar-refractivity contribution >= 4 is 11.6 Å². The topological polar surface area (TPSA) is 59.0 Å². The lowest BCUT2D eigenvalue weighted by Crippen LogP contribution is -2.45. The van der Waals surface area contributed by atoms with Crippen molar-refractivity contribution in [2.45, 2.75) is 44.8 Å². The Labute approximate surface area is 153 Å². The van der Waals surface area contributed by atoms with Gasteiger partial charge in [0.15, 0.2) is 17.1 Å². The molecule has 2 aromatic rings. The number of carbonyl (C=O) groups excluding carboxylic acids is 1. The first kappa shape index (κ1) is 16.9. The van der Waals surface area contributed by atoms with Crippen LogP contribution in [0.1, 0.15) is 44.2 Å². The van der Waals surface area contributed by atoms with Crippen LogP contribution in [0.15, 0.2) is 42.5 Å². The van der Waals surface area contributed by atoms with E-state index in [0.717, 1.165) is 24.9 Å². The normalized spacial score (nSPS) is 21.8. The lowest BCUT2D eigenvalue weighted by Gasteiger charge is -2.28. The molecule has 0 spiro atoms. The van der Waals surface area contributed by atoms with Gasteiger partial charge in [-0.3, -0.25) is 4.79 Å². The number of nitrogens with zero attached hydrogens (tertiary/aromatic N) is 1. The summed E-state index contributed by atoms with van der Waals surface area (Å²) in [5.41, 5.74) is 0.191. The standard InChI is InChI=1S/C21H23NO4/c1-3-4-7-14(2)22-17-9-6-5-8-16(17)21(24,20(22)23)15-10-11-18-19(12-15)26-13-25-18/h5-6,8-12,14,24H,3-4,7,13H2,1-2H3. The Bertz CT molecular complexity index is 850. The van der Waals surface area contributed by atoms with Crippen LogP contribution in [0.3, 0.4) is 0 Å². The van der Waals surface area contributed by atoms with Gasteiger partial charge in [0.05, 0.1) is 5.69 Å². The smallest absolute Gasteiger partial charge is 0.268 e. The second-order valence-corrected chi connectivity index (χ2v) is 6.96. The van der Waals surface area contributed by atoms with Gasteiger partial charge in [-0.15, -0.1) is 0 Å². The average molecular weight is 353 g/mol. The van der Waals surface area contributed by atoms with Gasteiger partial charge in [0.2, 0.25) is 6.79 Å². The number of hydrogen-bond donors (Lipinski definition) is 1. The predicted octanol–water partition coefficient (Wildman–Crippen LogP) is 3.58. The highest BCUT2D eigenvalue weighted by Crippen LogP contribution is 2.47. The highest BCUT2D eigenvalue weighted by Gasteiger charge is 2.52. The molecule has 0 saturated carbocycles. The van der Waals surface area contributed by atoms with Crippen LogP contribution in [-0.2, 0) is 10.4 Å². The summed E-state index contributed by atoms with van der Waals surface area (Å²) >= 11 is 0. The lowest BCUT2D eigenvalue weighted by atomic mass is 9.87. The van der Waals surface area contributed by atoms with E-state index in [9.17, 15) is 9.90 Å². The maximum atomic E-state index is 13.4. The fraction of sp³-hybridized carbons (Fsp3) is 0.381. The molecule has 4 rings (SSSR count). The van der Waals surface area contributed by atoms with Crippen LogP contribution in [0.4, 0.5) is 5.69 Å². The molecule has 26 heavy (non-hydrogen) atoms. The number of benzene rings is 2. The number of para-hydroxylation sites is 1. The van der Waals surface area contributed by atoms with E-state index in [1.807, 2.05) is 31.2 Å². The molecular weight excluding hydrogens is 330 g/mol. The Morgan fingerprint density at radius 2 is 1.96 bits per heavy atom. The molecule has 2 aromatic carbocycles. The van der Waals surface area contributed by atoms with Gasteiger partial charge in [0.1, 0.15) is 0 Å². The van der Waals surface area contributed by atoms with Crippen LogP contribution >= 0.6 is 0 Å². The zero-order valence-corrected chi connectivity index (χ0v) is 15.1. The van der Waals surface area contributed by atoms with Crippen LogP contribution in [0.25, 0.3) is 0 Å². The Morgan fingerprint density at radius 3 is 2.77 bits per heavy atom. The molecule has 2 aliphatic heterocycles. The minimum absolute atomic E-state index is 0.0200. The van der Waals surface area contributed by atoms with E-state index in [4.69, 9.17) is 9.47 Å². The summed E-state index contributed by atoms with van der Waals surface area (Å²) in [5, 5.41) is 11.6. The third-order valence-corrected chi connectivity index (χ3v) is 5.29. The lowest BCUT2D eigenvalue weighted by molar-refractivity contribution is -0.132. The van der Waals surface area contributed by atoms with Gasteiger partial charge in [-0.1, -0.05) is 44.0 Å². The number of unbranched alkanes of at least 4 members (excludes halogenated alkanes) is 1. The van der Waals surface area contributed by atoms with Crippen LogP contribution in [0.2, 0.25) is 0 Å². The van der Waals surface area contributed by atoms with Crippen molar-refractivity contribution in [3.63, 3.8) is 0 Å². The number of aliphatic hydroxyl groups is 1. The largest absolute Gasteiger partial charge is 0.454 e. The highest BCUT2D eigenvalue weighted by molar-refractivity contribution is 6.09. The van der Waals surface area contributed by atoms with E-state index in [1.165, 1.54) is 0 Å². The van der Waals surface area contributed by atoms with E-state index >= 15 is 0 Å². The number of anilines is 1. The Morgan fingerprint density at radius 1 is 1.19 bits per heavy atom. The summed E-state index contributed by atoms with van der Waals surface area (Å²) in [6, 6.07) is 12.7. The van der Waals surface area contributed by atoms with E-state index in [2.05, 4.69) is 6.92 Å². The minimum Gasteiger partial charge on any atom is -0.454 e. The van der Waals surface area contributed by atoms with Crippen molar-refractivity contribution < 1.29 is 19.4 Å². The second-order valence-electron chi connectivity index (χ2n) is 6.96. The zero-order valence-electron chi connectivity index (χ0n) is 15.1. The van der Waals surface area contributed by atoms with Crippen LogP contribution in [0.5, 0.6) is 11.5 Å². The molecule has 0 fully saturated rings. The van der Waals surface area contributed by atoms with Crippen molar-refractivity contribution in [3.8, 4) is 11.5 Å². The number of hydrogen-bond acceptors (Lipinski definition) is 4. The van der Waals surface area contributed by atoms with Gasteiger partial charge in [0, 0.05) is 17.2 Å². The van der Waals surface area contributed by atoms with E-state index in [-0.39, 0.29) is 18.7 Å². The first-order valence-electron chi connectivity index (χ1n) is 9.13.